The SMILES string of the molecule is Cc1oc(C(=O)O)cc1S(=O)(=O)Nc1cccnn1. The molecule has 2 rings (SSSR count). The number of aryl methyl sites for hydroxylation is 1. The van der Waals surface area contributed by atoms with E-state index >= 15 is 0 Å². The van der Waals surface area contributed by atoms with Gasteiger partial charge in [0.25, 0.3) is 10.0 Å². The van der Waals surface area contributed by atoms with Crippen LogP contribution in [0.25, 0.3) is 0 Å². The van der Waals surface area contributed by atoms with Gasteiger partial charge in [-0.3, -0.25) is 4.72 Å². The number of anilines is 1. The van der Waals surface area contributed by atoms with Crippen LogP contribution in [0.15, 0.2) is 33.7 Å². The molecule has 2 heterocycles. The molecule has 0 saturated carbocycles. The van der Waals surface area contributed by atoms with Crippen LogP contribution < -0.4 is 4.72 Å². The number of nitrogens with zero attached hydrogens (tertiary/aromatic N) is 2. The summed E-state index contributed by atoms with van der Waals surface area (Å²) < 4.78 is 31.1. The fourth-order valence-corrected chi connectivity index (χ4v) is 2.56. The van der Waals surface area contributed by atoms with Gasteiger partial charge in [-0.2, -0.15) is 5.10 Å². The minimum Gasteiger partial charge on any atom is -0.475 e. The van der Waals surface area contributed by atoms with Gasteiger partial charge in [0, 0.05) is 12.3 Å². The summed E-state index contributed by atoms with van der Waals surface area (Å²) >= 11 is 0. The Bertz CT molecular complexity index is 708. The Labute approximate surface area is 108 Å². The fraction of sp³-hybridized carbons (Fsp3) is 0.100. The monoisotopic (exact) mass is 283 g/mol. The minimum absolute atomic E-state index is 0.0196. The smallest absolute Gasteiger partial charge is 0.371 e. The molecule has 0 aliphatic carbocycles. The van der Waals surface area contributed by atoms with E-state index in [9.17, 15) is 13.2 Å². The van der Waals surface area contributed by atoms with E-state index in [0.29, 0.717) is 0 Å². The summed E-state index contributed by atoms with van der Waals surface area (Å²) in [5.41, 5.74) is 0. The van der Waals surface area contributed by atoms with Crippen LogP contribution in [0.1, 0.15) is 16.3 Å². The van der Waals surface area contributed by atoms with Gasteiger partial charge in [0.2, 0.25) is 5.76 Å². The van der Waals surface area contributed by atoms with Crippen molar-refractivity contribution in [2.24, 2.45) is 0 Å². The molecule has 0 bridgehead atoms. The van der Waals surface area contributed by atoms with Gasteiger partial charge in [-0.25, -0.2) is 13.2 Å². The van der Waals surface area contributed by atoms with Crippen LogP contribution in [0.2, 0.25) is 0 Å². The Balaban J connectivity index is 2.37. The van der Waals surface area contributed by atoms with Crippen molar-refractivity contribution < 1.29 is 22.7 Å². The second-order valence-corrected chi connectivity index (χ2v) is 5.20. The summed E-state index contributed by atoms with van der Waals surface area (Å²) in [6, 6.07) is 3.87. The molecule has 0 amide bonds. The molecule has 2 aromatic heterocycles. The molecule has 0 unspecified atom stereocenters. The quantitative estimate of drug-likeness (QED) is 0.853. The molecule has 0 atom stereocenters. The zero-order chi connectivity index (χ0) is 14.0. The van der Waals surface area contributed by atoms with Crippen LogP contribution in [-0.4, -0.2) is 29.7 Å². The molecule has 0 radical (unpaired) electrons. The van der Waals surface area contributed by atoms with E-state index < -0.39 is 21.8 Å². The summed E-state index contributed by atoms with van der Waals surface area (Å²) in [6.07, 6.45) is 1.39. The summed E-state index contributed by atoms with van der Waals surface area (Å²) in [4.78, 5) is 10.5. The zero-order valence-electron chi connectivity index (χ0n) is 9.69. The molecule has 100 valence electrons. The lowest BCUT2D eigenvalue weighted by molar-refractivity contribution is 0.0661. The minimum atomic E-state index is -3.97. The predicted molar refractivity (Wildman–Crippen MR) is 63.2 cm³/mol. The number of aromatic carboxylic acids is 1. The first-order valence-electron chi connectivity index (χ1n) is 5.04. The van der Waals surface area contributed by atoms with Crippen LogP contribution in [0, 0.1) is 6.92 Å². The van der Waals surface area contributed by atoms with Crippen molar-refractivity contribution in [3.8, 4) is 0 Å². The molecular weight excluding hydrogens is 274 g/mol. The van der Waals surface area contributed by atoms with Gasteiger partial charge < -0.3 is 9.52 Å². The number of nitrogens with one attached hydrogen (secondary N) is 1. The number of hydrogen-bond acceptors (Lipinski definition) is 6. The number of carboxylic acid groups (broad SMARTS) is 1. The lowest BCUT2D eigenvalue weighted by atomic mass is 10.4. The molecule has 0 spiro atoms. The summed E-state index contributed by atoms with van der Waals surface area (Å²) in [7, 11) is -3.97. The Morgan fingerprint density at radius 1 is 1.47 bits per heavy atom. The highest BCUT2D eigenvalue weighted by Gasteiger charge is 2.24. The van der Waals surface area contributed by atoms with E-state index in [1.165, 1.54) is 25.3 Å². The number of aromatic nitrogens is 2. The number of carboxylic acids is 1. The Morgan fingerprint density at radius 2 is 2.21 bits per heavy atom. The van der Waals surface area contributed by atoms with Crippen LogP contribution >= 0.6 is 0 Å². The van der Waals surface area contributed by atoms with Crippen molar-refractivity contribution in [2.75, 3.05) is 4.72 Å². The Morgan fingerprint density at radius 3 is 2.74 bits per heavy atom. The van der Waals surface area contributed by atoms with E-state index in [1.807, 2.05) is 0 Å². The number of hydrogen-bond donors (Lipinski definition) is 2. The highest BCUT2D eigenvalue weighted by atomic mass is 32.2. The van der Waals surface area contributed by atoms with E-state index in [4.69, 9.17) is 9.52 Å². The average Bonchev–Trinajstić information content (AvgIpc) is 2.73. The summed E-state index contributed by atoms with van der Waals surface area (Å²) in [6.45, 7) is 1.36. The van der Waals surface area contributed by atoms with E-state index in [1.54, 1.807) is 0 Å². The largest absolute Gasteiger partial charge is 0.475 e. The third-order valence-corrected chi connectivity index (χ3v) is 3.65. The van der Waals surface area contributed by atoms with Crippen LogP contribution in [0.3, 0.4) is 0 Å². The molecule has 9 heteroatoms. The maximum atomic E-state index is 12.0. The fourth-order valence-electron chi connectivity index (χ4n) is 1.39. The third-order valence-electron chi connectivity index (χ3n) is 2.18. The van der Waals surface area contributed by atoms with Gasteiger partial charge in [0.1, 0.15) is 10.7 Å². The molecule has 0 fully saturated rings. The highest BCUT2D eigenvalue weighted by molar-refractivity contribution is 7.92. The molecule has 0 aromatic carbocycles. The van der Waals surface area contributed by atoms with Gasteiger partial charge in [-0.05, 0) is 19.1 Å². The molecule has 8 nitrogen and oxygen atoms in total. The molecule has 2 aromatic rings. The Hall–Kier alpha value is -2.42. The lowest BCUT2D eigenvalue weighted by Gasteiger charge is -2.04. The number of rotatable bonds is 4. The van der Waals surface area contributed by atoms with Crippen LogP contribution in [-0.2, 0) is 10.0 Å². The normalized spacial score (nSPS) is 11.2. The van der Waals surface area contributed by atoms with Gasteiger partial charge in [-0.15, -0.1) is 5.10 Å². The first-order chi connectivity index (χ1) is 8.90. The van der Waals surface area contributed by atoms with Crippen LogP contribution in [0.5, 0.6) is 0 Å². The number of carbonyl (C=O) groups is 1. The first kappa shape index (κ1) is 13.0. The van der Waals surface area contributed by atoms with Gasteiger partial charge in [0.05, 0.1) is 0 Å². The zero-order valence-corrected chi connectivity index (χ0v) is 10.5. The van der Waals surface area contributed by atoms with Gasteiger partial charge >= 0.3 is 5.97 Å². The molecular formula is C10H9N3O5S. The highest BCUT2D eigenvalue weighted by Crippen LogP contribution is 2.22. The van der Waals surface area contributed by atoms with Gasteiger partial charge in [-0.1, -0.05) is 0 Å². The molecule has 0 saturated heterocycles. The van der Waals surface area contributed by atoms with E-state index in [-0.39, 0.29) is 16.5 Å². The summed E-state index contributed by atoms with van der Waals surface area (Å²) in [5, 5.41) is 15.8. The predicted octanol–water partition coefficient (Wildman–Crippen LogP) is 0.877. The van der Waals surface area contributed by atoms with Gasteiger partial charge in [0.15, 0.2) is 5.82 Å². The maximum Gasteiger partial charge on any atom is 0.371 e. The third kappa shape index (κ3) is 2.71. The van der Waals surface area contributed by atoms with E-state index in [2.05, 4.69) is 14.9 Å². The average molecular weight is 283 g/mol. The lowest BCUT2D eigenvalue weighted by Crippen LogP contribution is -2.14. The second-order valence-electron chi connectivity index (χ2n) is 3.55. The molecule has 19 heavy (non-hydrogen) atoms. The molecule has 2 N–H and O–H groups in total. The first-order valence-corrected chi connectivity index (χ1v) is 6.53. The van der Waals surface area contributed by atoms with Crippen LogP contribution in [0.4, 0.5) is 5.82 Å². The number of sulfonamides is 1. The van der Waals surface area contributed by atoms with Crippen molar-refractivity contribution in [2.45, 2.75) is 11.8 Å². The van der Waals surface area contributed by atoms with Crippen molar-refractivity contribution in [1.82, 2.24) is 10.2 Å². The van der Waals surface area contributed by atoms with E-state index in [0.717, 1.165) is 6.07 Å². The molecule has 0 aliphatic rings. The van der Waals surface area contributed by atoms with Crippen molar-refractivity contribution in [1.29, 1.82) is 0 Å². The van der Waals surface area contributed by atoms with Crippen molar-refractivity contribution in [3.05, 3.63) is 35.9 Å². The molecule has 0 aliphatic heterocycles. The maximum absolute atomic E-state index is 12.0. The second kappa shape index (κ2) is 4.69. The number of furan rings is 1. The van der Waals surface area contributed by atoms with Crippen molar-refractivity contribution >= 4 is 21.8 Å². The van der Waals surface area contributed by atoms with Crippen molar-refractivity contribution in [3.63, 3.8) is 0 Å². The Kier molecular flexibility index (Phi) is 3.21. The summed E-state index contributed by atoms with van der Waals surface area (Å²) in [5.74, 6) is -1.78. The standard InChI is InChI=1S/C10H9N3O5S/c1-6-8(5-7(18-6)10(14)15)19(16,17)13-9-3-2-4-11-12-9/h2-5H,1H3,(H,12,13)(H,14,15). The topological polar surface area (TPSA) is 122 Å².